The lowest BCUT2D eigenvalue weighted by molar-refractivity contribution is 0.794. The Morgan fingerprint density at radius 1 is 1.12 bits per heavy atom. The third kappa shape index (κ3) is 6.33. The van der Waals surface area contributed by atoms with Gasteiger partial charge in [-0.15, -0.1) is 46.7 Å². The molecule has 0 amide bonds. The molecule has 0 saturated heterocycles. The minimum absolute atomic E-state index is 0. The van der Waals surface area contributed by atoms with Crippen LogP contribution in [0.25, 0.3) is 0 Å². The van der Waals surface area contributed by atoms with Crippen LogP contribution in [0.1, 0.15) is 39.2 Å². The fraction of sp³-hybridized carbons (Fsp3) is 0.529. The van der Waals surface area contributed by atoms with Gasteiger partial charge in [0.25, 0.3) is 0 Å². The molecular weight excluding hydrogens is 451 g/mol. The van der Waals surface area contributed by atoms with Crippen molar-refractivity contribution in [2.75, 3.05) is 13.6 Å². The van der Waals surface area contributed by atoms with E-state index < -0.39 is 0 Å². The summed E-state index contributed by atoms with van der Waals surface area (Å²) in [5, 5.41) is 7.94. The predicted octanol–water partition coefficient (Wildman–Crippen LogP) is 4.16. The third-order valence-electron chi connectivity index (χ3n) is 3.62. The Bertz CT molecular complexity index is 649. The third-order valence-corrected chi connectivity index (χ3v) is 5.93. The maximum Gasteiger partial charge on any atom is 0.191 e. The highest BCUT2D eigenvalue weighted by Crippen LogP contribution is 2.18. The first-order chi connectivity index (χ1) is 11.2. The second-order valence-electron chi connectivity index (χ2n) is 5.29. The van der Waals surface area contributed by atoms with Gasteiger partial charge in [0, 0.05) is 34.6 Å². The van der Waals surface area contributed by atoms with Crippen molar-refractivity contribution in [2.24, 2.45) is 4.99 Å². The van der Waals surface area contributed by atoms with Gasteiger partial charge in [-0.05, 0) is 31.9 Å². The topological polar surface area (TPSA) is 49.3 Å². The lowest BCUT2D eigenvalue weighted by atomic mass is 10.3. The molecule has 2 heterocycles. The normalized spacial score (nSPS) is 11.2. The smallest absolute Gasteiger partial charge is 0.191 e. The molecule has 2 aromatic rings. The van der Waals surface area contributed by atoms with Gasteiger partial charge in [0.05, 0.1) is 17.2 Å². The summed E-state index contributed by atoms with van der Waals surface area (Å²) in [6, 6.07) is 4.39. The molecule has 0 fully saturated rings. The van der Waals surface area contributed by atoms with E-state index in [9.17, 15) is 0 Å². The van der Waals surface area contributed by atoms with Gasteiger partial charge in [-0.2, -0.15) is 0 Å². The van der Waals surface area contributed by atoms with Crippen LogP contribution in [0.4, 0.5) is 0 Å². The van der Waals surface area contributed by atoms with Crippen molar-refractivity contribution in [1.82, 2.24) is 15.6 Å². The summed E-state index contributed by atoms with van der Waals surface area (Å²) in [5.74, 6) is 0.848. The summed E-state index contributed by atoms with van der Waals surface area (Å²) >= 11 is 3.66. The summed E-state index contributed by atoms with van der Waals surface area (Å²) in [6.45, 7) is 8.17. The number of hydrogen-bond donors (Lipinski definition) is 2. The SMILES string of the molecule is CCc1ccc(CNC(=NC)NCCc2nc(CC)c(C)s2)s1.I. The van der Waals surface area contributed by atoms with E-state index in [-0.39, 0.29) is 24.0 Å². The number of aliphatic imine (C=N–C) groups is 1. The summed E-state index contributed by atoms with van der Waals surface area (Å²) in [6.07, 6.45) is 3.05. The number of hydrogen-bond acceptors (Lipinski definition) is 4. The summed E-state index contributed by atoms with van der Waals surface area (Å²) in [7, 11) is 1.81. The molecule has 24 heavy (non-hydrogen) atoms. The Hall–Kier alpha value is -0.670. The largest absolute Gasteiger partial charge is 0.356 e. The van der Waals surface area contributed by atoms with Crippen LogP contribution in [0.5, 0.6) is 0 Å². The summed E-state index contributed by atoms with van der Waals surface area (Å²) in [4.78, 5) is 13.1. The Morgan fingerprint density at radius 2 is 1.88 bits per heavy atom. The van der Waals surface area contributed by atoms with E-state index in [0.717, 1.165) is 38.3 Å². The lowest BCUT2D eigenvalue weighted by Crippen LogP contribution is -2.37. The summed E-state index contributed by atoms with van der Waals surface area (Å²) in [5.41, 5.74) is 1.23. The van der Waals surface area contributed by atoms with Crippen molar-refractivity contribution in [3.05, 3.63) is 37.5 Å². The Kier molecular flexibility index (Phi) is 9.84. The van der Waals surface area contributed by atoms with Gasteiger partial charge >= 0.3 is 0 Å². The molecule has 2 aromatic heterocycles. The molecule has 7 heteroatoms. The van der Waals surface area contributed by atoms with Crippen LogP contribution in [-0.2, 0) is 25.8 Å². The molecule has 0 bridgehead atoms. The van der Waals surface area contributed by atoms with Crippen molar-refractivity contribution in [1.29, 1.82) is 0 Å². The number of halogens is 1. The van der Waals surface area contributed by atoms with Crippen molar-refractivity contribution in [3.63, 3.8) is 0 Å². The molecule has 2 N–H and O–H groups in total. The Morgan fingerprint density at radius 3 is 2.46 bits per heavy atom. The Labute approximate surface area is 170 Å². The Balaban J connectivity index is 0.00000288. The molecule has 0 aliphatic rings. The fourth-order valence-corrected chi connectivity index (χ4v) is 4.23. The van der Waals surface area contributed by atoms with E-state index in [1.54, 1.807) is 11.3 Å². The average molecular weight is 478 g/mol. The van der Waals surface area contributed by atoms with Gasteiger partial charge < -0.3 is 10.6 Å². The molecule has 2 rings (SSSR count). The number of thiazole rings is 1. The van der Waals surface area contributed by atoms with E-state index in [1.807, 2.05) is 18.4 Å². The zero-order valence-corrected chi connectivity index (χ0v) is 18.8. The first kappa shape index (κ1) is 21.4. The van der Waals surface area contributed by atoms with E-state index in [4.69, 9.17) is 0 Å². The molecular formula is C17H27IN4S2. The maximum absolute atomic E-state index is 4.68. The van der Waals surface area contributed by atoms with Crippen molar-refractivity contribution >= 4 is 52.6 Å². The van der Waals surface area contributed by atoms with Crippen LogP contribution in [0.2, 0.25) is 0 Å². The first-order valence-electron chi connectivity index (χ1n) is 8.13. The van der Waals surface area contributed by atoms with E-state index in [1.165, 1.54) is 25.3 Å². The van der Waals surface area contributed by atoms with Crippen LogP contribution >= 0.6 is 46.7 Å². The highest BCUT2D eigenvalue weighted by Gasteiger charge is 2.06. The standard InChI is InChI=1S/C17H26N4S2.HI/c1-5-13-7-8-14(23-13)11-20-17(18-4)19-10-9-16-21-15(6-2)12(3)22-16;/h7-8H,5-6,9-11H2,1-4H3,(H2,18,19,20);1H. The zero-order chi connectivity index (χ0) is 16.7. The van der Waals surface area contributed by atoms with Gasteiger partial charge in [-0.25, -0.2) is 4.98 Å². The van der Waals surface area contributed by atoms with Gasteiger partial charge in [-0.1, -0.05) is 13.8 Å². The number of aryl methyl sites for hydroxylation is 3. The fourth-order valence-electron chi connectivity index (χ4n) is 2.31. The van der Waals surface area contributed by atoms with Crippen LogP contribution in [0, 0.1) is 6.92 Å². The molecule has 0 aliphatic carbocycles. The van der Waals surface area contributed by atoms with E-state index in [2.05, 4.69) is 53.5 Å². The van der Waals surface area contributed by atoms with Crippen LogP contribution < -0.4 is 10.6 Å². The molecule has 0 spiro atoms. The highest BCUT2D eigenvalue weighted by molar-refractivity contribution is 14.0. The van der Waals surface area contributed by atoms with Crippen LogP contribution in [0.15, 0.2) is 17.1 Å². The minimum Gasteiger partial charge on any atom is -0.356 e. The van der Waals surface area contributed by atoms with Crippen molar-refractivity contribution in [3.8, 4) is 0 Å². The number of aromatic nitrogens is 1. The molecule has 134 valence electrons. The molecule has 0 saturated carbocycles. The van der Waals surface area contributed by atoms with Crippen molar-refractivity contribution in [2.45, 2.75) is 46.6 Å². The van der Waals surface area contributed by atoms with Crippen LogP contribution in [-0.4, -0.2) is 24.5 Å². The van der Waals surface area contributed by atoms with Crippen LogP contribution in [0.3, 0.4) is 0 Å². The monoisotopic (exact) mass is 478 g/mol. The van der Waals surface area contributed by atoms with Crippen molar-refractivity contribution < 1.29 is 0 Å². The predicted molar refractivity (Wildman–Crippen MR) is 117 cm³/mol. The minimum atomic E-state index is 0. The molecule has 0 aromatic carbocycles. The van der Waals surface area contributed by atoms with Gasteiger partial charge in [-0.3, -0.25) is 4.99 Å². The van der Waals surface area contributed by atoms with Gasteiger partial charge in [0.15, 0.2) is 5.96 Å². The number of nitrogens with one attached hydrogen (secondary N) is 2. The second-order valence-corrected chi connectivity index (χ2v) is 7.83. The van der Waals surface area contributed by atoms with E-state index >= 15 is 0 Å². The molecule has 0 aliphatic heterocycles. The second kappa shape index (κ2) is 11.0. The zero-order valence-electron chi connectivity index (χ0n) is 14.8. The molecule has 0 unspecified atom stereocenters. The molecule has 0 radical (unpaired) electrons. The van der Waals surface area contributed by atoms with Gasteiger partial charge in [0.2, 0.25) is 0 Å². The quantitative estimate of drug-likeness (QED) is 0.357. The molecule has 4 nitrogen and oxygen atoms in total. The summed E-state index contributed by atoms with van der Waals surface area (Å²) < 4.78 is 0. The van der Waals surface area contributed by atoms with Gasteiger partial charge in [0.1, 0.15) is 0 Å². The lowest BCUT2D eigenvalue weighted by Gasteiger charge is -2.10. The number of thiophene rings is 1. The number of nitrogens with zero attached hydrogens (tertiary/aromatic N) is 2. The first-order valence-corrected chi connectivity index (χ1v) is 9.76. The number of rotatable bonds is 7. The maximum atomic E-state index is 4.68. The highest BCUT2D eigenvalue weighted by atomic mass is 127. The average Bonchev–Trinajstić information content (AvgIpc) is 3.16. The number of guanidine groups is 1. The molecule has 0 atom stereocenters. The van der Waals surface area contributed by atoms with E-state index in [0.29, 0.717) is 0 Å².